The average molecular weight is 582 g/mol. The lowest BCUT2D eigenvalue weighted by Crippen LogP contribution is -2.54. The zero-order valence-electron chi connectivity index (χ0n) is 23.7. The number of carbonyl (C=O) groups is 4. The number of ether oxygens (including phenoxy) is 3. The smallest absolute Gasteiger partial charge is 0.299 e. The van der Waals surface area contributed by atoms with E-state index in [1.807, 2.05) is 18.2 Å². The molecule has 43 heavy (non-hydrogen) atoms. The molecule has 3 amide bonds. The summed E-state index contributed by atoms with van der Waals surface area (Å²) >= 11 is 0. The van der Waals surface area contributed by atoms with Gasteiger partial charge >= 0.3 is 0 Å². The minimum atomic E-state index is -0.867. The monoisotopic (exact) mass is 581 g/mol. The second-order valence-corrected chi connectivity index (χ2v) is 10.7. The van der Waals surface area contributed by atoms with Crippen molar-refractivity contribution in [3.8, 4) is 17.2 Å². The zero-order valence-corrected chi connectivity index (χ0v) is 23.7. The van der Waals surface area contributed by atoms with Crippen LogP contribution in [-0.4, -0.2) is 54.9 Å². The van der Waals surface area contributed by atoms with Gasteiger partial charge in [-0.1, -0.05) is 36.4 Å². The molecule has 10 heteroatoms. The first-order chi connectivity index (χ1) is 20.9. The van der Waals surface area contributed by atoms with Crippen LogP contribution < -0.4 is 24.4 Å². The molecule has 0 bridgehead atoms. The Labute approximate surface area is 248 Å². The van der Waals surface area contributed by atoms with E-state index in [2.05, 4.69) is 11.4 Å². The standard InChI is InChI=1S/C33H31N3O7/c1-41-24-14-11-21(12-15-24)18-36(29(37)19-35-26-10-6-5-9-25(26)31(38)33(35)40)30(22-7-3-2-4-8-22)32(39)34-23-13-16-27-28(17-23)43-20-42-27/h2-3,5-6,9-17,22,30H,4,7-8,18-20H2,1H3,(H,34,39). The van der Waals surface area contributed by atoms with Crippen LogP contribution in [-0.2, 0) is 20.9 Å². The minimum Gasteiger partial charge on any atom is -0.497 e. The van der Waals surface area contributed by atoms with Crippen molar-refractivity contribution in [1.29, 1.82) is 0 Å². The van der Waals surface area contributed by atoms with Crippen molar-refractivity contribution in [1.82, 2.24) is 4.90 Å². The van der Waals surface area contributed by atoms with Crippen LogP contribution in [0.2, 0.25) is 0 Å². The molecule has 0 aromatic heterocycles. The topological polar surface area (TPSA) is 114 Å². The molecule has 2 atom stereocenters. The number of hydrogen-bond donors (Lipinski definition) is 1. The molecule has 0 saturated carbocycles. The molecule has 220 valence electrons. The maximum atomic E-state index is 14.2. The van der Waals surface area contributed by atoms with E-state index in [4.69, 9.17) is 14.2 Å². The predicted molar refractivity (Wildman–Crippen MR) is 158 cm³/mol. The summed E-state index contributed by atoms with van der Waals surface area (Å²) in [5, 5.41) is 2.99. The number of amides is 3. The molecule has 3 aliphatic rings. The molecule has 2 unspecified atom stereocenters. The molecule has 1 N–H and O–H groups in total. The van der Waals surface area contributed by atoms with Crippen LogP contribution in [0.3, 0.4) is 0 Å². The van der Waals surface area contributed by atoms with E-state index in [1.54, 1.807) is 61.7 Å². The predicted octanol–water partition coefficient (Wildman–Crippen LogP) is 4.35. The molecule has 0 fully saturated rings. The van der Waals surface area contributed by atoms with Crippen molar-refractivity contribution >= 4 is 34.9 Å². The summed E-state index contributed by atoms with van der Waals surface area (Å²) in [6.45, 7) is -0.164. The van der Waals surface area contributed by atoms with Crippen molar-refractivity contribution in [3.63, 3.8) is 0 Å². The van der Waals surface area contributed by atoms with Crippen molar-refractivity contribution < 1.29 is 33.4 Å². The number of anilines is 2. The maximum absolute atomic E-state index is 14.2. The summed E-state index contributed by atoms with van der Waals surface area (Å²) in [4.78, 5) is 56.8. The quantitative estimate of drug-likeness (QED) is 0.295. The van der Waals surface area contributed by atoms with Crippen LogP contribution in [0.15, 0.2) is 78.9 Å². The number of allylic oxidation sites excluding steroid dienone is 2. The number of nitrogens with zero attached hydrogens (tertiary/aromatic N) is 2. The largest absolute Gasteiger partial charge is 0.497 e. The van der Waals surface area contributed by atoms with Gasteiger partial charge in [0.2, 0.25) is 18.6 Å². The average Bonchev–Trinajstić information content (AvgIpc) is 3.60. The highest BCUT2D eigenvalue weighted by molar-refractivity contribution is 6.52. The Morgan fingerprint density at radius 2 is 1.81 bits per heavy atom. The van der Waals surface area contributed by atoms with Crippen LogP contribution in [0.5, 0.6) is 17.2 Å². The molecule has 1 aliphatic carbocycles. The van der Waals surface area contributed by atoms with Gasteiger partial charge in [-0.25, -0.2) is 0 Å². The Hall–Kier alpha value is -5.12. The Bertz CT molecular complexity index is 1600. The number of methoxy groups -OCH3 is 1. The number of rotatable bonds is 9. The lowest BCUT2D eigenvalue weighted by Gasteiger charge is -2.37. The first kappa shape index (κ1) is 28.0. The van der Waals surface area contributed by atoms with Crippen molar-refractivity contribution in [3.05, 3.63) is 90.0 Å². The van der Waals surface area contributed by atoms with E-state index in [0.29, 0.717) is 41.5 Å². The molecule has 2 aliphatic heterocycles. The lowest BCUT2D eigenvalue weighted by molar-refractivity contribution is -0.140. The molecular weight excluding hydrogens is 550 g/mol. The van der Waals surface area contributed by atoms with Gasteiger partial charge in [0, 0.05) is 18.3 Å². The summed E-state index contributed by atoms with van der Waals surface area (Å²) in [7, 11) is 1.57. The van der Waals surface area contributed by atoms with Crippen LogP contribution >= 0.6 is 0 Å². The van der Waals surface area contributed by atoms with Crippen LogP contribution in [0.25, 0.3) is 0 Å². The van der Waals surface area contributed by atoms with Gasteiger partial charge in [-0.2, -0.15) is 0 Å². The van der Waals surface area contributed by atoms with Gasteiger partial charge in [0.05, 0.1) is 18.4 Å². The molecule has 2 heterocycles. The fraction of sp³-hybridized carbons (Fsp3) is 0.273. The highest BCUT2D eigenvalue weighted by Gasteiger charge is 2.41. The number of carbonyl (C=O) groups excluding carboxylic acids is 4. The van der Waals surface area contributed by atoms with E-state index in [9.17, 15) is 19.2 Å². The summed E-state index contributed by atoms with van der Waals surface area (Å²) in [5.74, 6) is -0.622. The third-order valence-electron chi connectivity index (χ3n) is 8.01. The first-order valence-corrected chi connectivity index (χ1v) is 14.2. The Balaban J connectivity index is 1.34. The third kappa shape index (κ3) is 5.68. The molecule has 6 rings (SSSR count). The molecular formula is C33H31N3O7. The van der Waals surface area contributed by atoms with E-state index in [0.717, 1.165) is 12.0 Å². The molecule has 0 saturated heterocycles. The second-order valence-electron chi connectivity index (χ2n) is 10.7. The molecule has 10 nitrogen and oxygen atoms in total. The zero-order chi connectivity index (χ0) is 29.9. The summed E-state index contributed by atoms with van der Waals surface area (Å²) < 4.78 is 16.2. The molecule has 0 spiro atoms. The SMILES string of the molecule is COc1ccc(CN(C(=O)CN2C(=O)C(=O)c3ccccc32)C(C(=O)Nc2ccc3c(c2)OCO3)C2CC=CCC2)cc1. The van der Waals surface area contributed by atoms with Gasteiger partial charge in [0.25, 0.3) is 11.7 Å². The van der Waals surface area contributed by atoms with E-state index >= 15 is 0 Å². The maximum Gasteiger partial charge on any atom is 0.299 e. The third-order valence-corrected chi connectivity index (χ3v) is 8.01. The van der Waals surface area contributed by atoms with Gasteiger partial charge in [0.1, 0.15) is 18.3 Å². The van der Waals surface area contributed by atoms with Crippen molar-refractivity contribution in [2.75, 3.05) is 30.7 Å². The fourth-order valence-corrected chi connectivity index (χ4v) is 5.80. The van der Waals surface area contributed by atoms with Crippen molar-refractivity contribution in [2.24, 2.45) is 5.92 Å². The normalized spacial score (nSPS) is 17.4. The summed E-state index contributed by atoms with van der Waals surface area (Å²) in [6.07, 6.45) is 6.19. The molecule has 3 aromatic rings. The van der Waals surface area contributed by atoms with E-state index in [-0.39, 0.29) is 37.3 Å². The highest BCUT2D eigenvalue weighted by Crippen LogP contribution is 2.35. The Morgan fingerprint density at radius 3 is 2.58 bits per heavy atom. The second kappa shape index (κ2) is 12.0. The Morgan fingerprint density at radius 1 is 1.02 bits per heavy atom. The lowest BCUT2D eigenvalue weighted by atomic mass is 9.85. The number of fused-ring (bicyclic) bond motifs is 2. The van der Waals surface area contributed by atoms with Crippen molar-refractivity contribution in [2.45, 2.75) is 31.8 Å². The number of hydrogen-bond acceptors (Lipinski definition) is 7. The Kier molecular flexibility index (Phi) is 7.83. The van der Waals surface area contributed by atoms with Crippen LogP contribution in [0.1, 0.15) is 35.2 Å². The van der Waals surface area contributed by atoms with Gasteiger partial charge in [-0.3, -0.25) is 24.1 Å². The number of para-hydroxylation sites is 1. The number of ketones is 1. The van der Waals surface area contributed by atoms with E-state index in [1.165, 1.54) is 9.80 Å². The first-order valence-electron chi connectivity index (χ1n) is 14.2. The number of Topliss-reactive ketones (excluding diaryl/α,β-unsaturated/α-hetero) is 1. The van der Waals surface area contributed by atoms with Gasteiger partial charge < -0.3 is 24.4 Å². The fourth-order valence-electron chi connectivity index (χ4n) is 5.80. The van der Waals surface area contributed by atoms with Gasteiger partial charge in [-0.05, 0) is 67.1 Å². The number of nitrogens with one attached hydrogen (secondary N) is 1. The summed E-state index contributed by atoms with van der Waals surface area (Å²) in [5.41, 5.74) is 1.94. The minimum absolute atomic E-state index is 0.106. The van der Waals surface area contributed by atoms with E-state index < -0.39 is 23.6 Å². The van der Waals surface area contributed by atoms with Crippen LogP contribution in [0, 0.1) is 5.92 Å². The number of benzene rings is 3. The summed E-state index contributed by atoms with van der Waals surface area (Å²) in [6, 6.07) is 18.2. The molecule has 0 radical (unpaired) electrons. The van der Waals surface area contributed by atoms with Gasteiger partial charge in [0.15, 0.2) is 11.5 Å². The highest BCUT2D eigenvalue weighted by atomic mass is 16.7. The van der Waals surface area contributed by atoms with Crippen LogP contribution in [0.4, 0.5) is 11.4 Å². The molecule has 3 aromatic carbocycles. The van der Waals surface area contributed by atoms with Gasteiger partial charge in [-0.15, -0.1) is 0 Å².